The maximum atomic E-state index is 9.68. The first-order valence-corrected chi connectivity index (χ1v) is 10.3. The Morgan fingerprint density at radius 1 is 1.23 bits per heavy atom. The number of aliphatic hydroxyl groups excluding tert-OH is 2. The van der Waals surface area contributed by atoms with Crippen molar-refractivity contribution in [3.8, 4) is 28.7 Å². The van der Waals surface area contributed by atoms with Crippen molar-refractivity contribution in [3.05, 3.63) is 41.6 Å². The van der Waals surface area contributed by atoms with Crippen LogP contribution in [0, 0.1) is 0 Å². The molecule has 0 bridgehead atoms. The Morgan fingerprint density at radius 2 is 2.06 bits per heavy atom. The maximum Gasteiger partial charge on any atom is 0.259 e. The van der Waals surface area contributed by atoms with E-state index < -0.39 is 6.10 Å². The normalized spacial score (nSPS) is 15.1. The van der Waals surface area contributed by atoms with E-state index >= 15 is 0 Å². The third-order valence-corrected chi connectivity index (χ3v) is 5.13. The Hall–Kier alpha value is -3.01. The zero-order valence-corrected chi connectivity index (χ0v) is 17.7. The molecule has 0 aliphatic carbocycles. The maximum absolute atomic E-state index is 9.68. The van der Waals surface area contributed by atoms with Gasteiger partial charge in [-0.2, -0.15) is 4.98 Å². The first-order valence-electron chi connectivity index (χ1n) is 10.3. The van der Waals surface area contributed by atoms with Crippen molar-refractivity contribution >= 4 is 5.69 Å². The lowest BCUT2D eigenvalue weighted by Gasteiger charge is -2.30. The number of nitrogens with zero attached hydrogens (tertiary/aromatic N) is 4. The molecule has 0 spiro atoms. The largest absolute Gasteiger partial charge is 0.473 e. The number of anilines is 1. The first kappa shape index (κ1) is 21.2. The zero-order chi connectivity index (χ0) is 22.0. The van der Waals surface area contributed by atoms with E-state index in [1.165, 1.54) is 11.1 Å². The van der Waals surface area contributed by atoms with Crippen LogP contribution in [-0.4, -0.2) is 62.1 Å². The molecule has 0 unspecified atom stereocenters. The molecular weight excluding hydrogens is 398 g/mol. The van der Waals surface area contributed by atoms with Crippen molar-refractivity contribution in [2.45, 2.75) is 39.0 Å². The van der Waals surface area contributed by atoms with E-state index in [-0.39, 0.29) is 12.7 Å². The Bertz CT molecular complexity index is 1050. The molecule has 0 amide bonds. The Labute approximate surface area is 180 Å². The predicted octanol–water partition coefficient (Wildman–Crippen LogP) is 1.88. The second-order valence-corrected chi connectivity index (χ2v) is 8.01. The van der Waals surface area contributed by atoms with Gasteiger partial charge in [-0.05, 0) is 43.5 Å². The van der Waals surface area contributed by atoms with Gasteiger partial charge in [0.05, 0.1) is 30.1 Å². The van der Waals surface area contributed by atoms with Crippen LogP contribution >= 0.6 is 0 Å². The lowest BCUT2D eigenvalue weighted by Crippen LogP contribution is -2.37. The van der Waals surface area contributed by atoms with Gasteiger partial charge in [-0.1, -0.05) is 17.3 Å². The van der Waals surface area contributed by atoms with Crippen LogP contribution in [0.5, 0.6) is 5.88 Å². The van der Waals surface area contributed by atoms with Crippen LogP contribution in [0.25, 0.3) is 22.8 Å². The summed E-state index contributed by atoms with van der Waals surface area (Å²) in [5, 5.41) is 22.9. The van der Waals surface area contributed by atoms with E-state index in [2.05, 4.69) is 32.2 Å². The highest BCUT2D eigenvalue weighted by Gasteiger charge is 2.20. The molecule has 2 aromatic heterocycles. The molecular formula is C22H27N5O4. The van der Waals surface area contributed by atoms with E-state index in [9.17, 15) is 5.11 Å². The van der Waals surface area contributed by atoms with Crippen molar-refractivity contribution < 1.29 is 19.5 Å². The molecule has 1 atom stereocenters. The number of benzene rings is 1. The number of β-amino-alcohol motifs (C(OH)–C–C–N with tert-alkyl or cyclic N) is 1. The number of nitrogens with two attached hydrogens (primary N) is 1. The summed E-state index contributed by atoms with van der Waals surface area (Å²) in [5.74, 6) is 1.22. The van der Waals surface area contributed by atoms with E-state index in [4.69, 9.17) is 20.1 Å². The topological polar surface area (TPSA) is 131 Å². The molecule has 0 saturated heterocycles. The van der Waals surface area contributed by atoms with Gasteiger partial charge in [0.2, 0.25) is 11.7 Å². The van der Waals surface area contributed by atoms with Crippen LogP contribution in [0.1, 0.15) is 25.0 Å². The Kier molecular flexibility index (Phi) is 6.17. The number of aromatic nitrogens is 3. The molecule has 4 rings (SSSR count). The summed E-state index contributed by atoms with van der Waals surface area (Å²) in [5.41, 5.74) is 10.4. The minimum absolute atomic E-state index is 0.0218. The van der Waals surface area contributed by atoms with E-state index in [0.717, 1.165) is 25.1 Å². The quantitative estimate of drug-likeness (QED) is 0.519. The van der Waals surface area contributed by atoms with Crippen LogP contribution in [0.4, 0.5) is 5.69 Å². The van der Waals surface area contributed by atoms with Gasteiger partial charge in [-0.15, -0.1) is 0 Å². The van der Waals surface area contributed by atoms with Gasteiger partial charge in [0.15, 0.2) is 0 Å². The van der Waals surface area contributed by atoms with Gasteiger partial charge in [0.1, 0.15) is 0 Å². The molecule has 9 heteroatoms. The Morgan fingerprint density at radius 3 is 2.81 bits per heavy atom. The lowest BCUT2D eigenvalue weighted by molar-refractivity contribution is 0.0551. The molecule has 0 saturated carbocycles. The van der Waals surface area contributed by atoms with Crippen molar-refractivity contribution in [1.29, 1.82) is 0 Å². The fourth-order valence-electron chi connectivity index (χ4n) is 3.63. The number of fused-ring (bicyclic) bond motifs is 1. The number of nitrogen functional groups attached to an aromatic ring is 1. The Balaban J connectivity index is 1.51. The lowest BCUT2D eigenvalue weighted by atomic mass is 9.97. The number of aliphatic hydroxyl groups is 2. The first-order chi connectivity index (χ1) is 14.9. The summed E-state index contributed by atoms with van der Waals surface area (Å²) in [6.45, 7) is 5.61. The van der Waals surface area contributed by atoms with Crippen molar-refractivity contribution in [2.24, 2.45) is 0 Å². The average Bonchev–Trinajstić information content (AvgIpc) is 3.24. The average molecular weight is 425 g/mol. The highest BCUT2D eigenvalue weighted by Crippen LogP contribution is 2.29. The molecule has 1 aliphatic rings. The fourth-order valence-corrected chi connectivity index (χ4v) is 3.63. The summed E-state index contributed by atoms with van der Waals surface area (Å²) >= 11 is 0. The molecule has 31 heavy (non-hydrogen) atoms. The monoisotopic (exact) mass is 425 g/mol. The highest BCUT2D eigenvalue weighted by molar-refractivity contribution is 5.65. The molecule has 3 heterocycles. The summed E-state index contributed by atoms with van der Waals surface area (Å²) in [4.78, 5) is 10.9. The number of pyridine rings is 1. The molecule has 4 N–H and O–H groups in total. The van der Waals surface area contributed by atoms with E-state index in [1.807, 2.05) is 19.9 Å². The van der Waals surface area contributed by atoms with Gasteiger partial charge >= 0.3 is 0 Å². The van der Waals surface area contributed by atoms with Crippen molar-refractivity contribution in [2.75, 3.05) is 25.4 Å². The summed E-state index contributed by atoms with van der Waals surface area (Å²) < 4.78 is 11.0. The summed E-state index contributed by atoms with van der Waals surface area (Å²) in [7, 11) is 0. The van der Waals surface area contributed by atoms with E-state index in [0.29, 0.717) is 35.4 Å². The van der Waals surface area contributed by atoms with Crippen LogP contribution in [0.3, 0.4) is 0 Å². The molecule has 0 radical (unpaired) electrons. The van der Waals surface area contributed by atoms with Gasteiger partial charge in [-0.25, -0.2) is 4.98 Å². The molecule has 1 aromatic carbocycles. The van der Waals surface area contributed by atoms with Gasteiger partial charge in [-0.3, -0.25) is 4.90 Å². The minimum atomic E-state index is -0.715. The number of rotatable bonds is 7. The van der Waals surface area contributed by atoms with Crippen LogP contribution < -0.4 is 10.5 Å². The number of hydrogen-bond donors (Lipinski definition) is 3. The summed E-state index contributed by atoms with van der Waals surface area (Å²) in [6.07, 6.45) is 1.72. The highest BCUT2D eigenvalue weighted by atomic mass is 16.5. The molecule has 1 aliphatic heterocycles. The van der Waals surface area contributed by atoms with Gasteiger partial charge < -0.3 is 25.2 Å². The minimum Gasteiger partial charge on any atom is -0.473 e. The van der Waals surface area contributed by atoms with Crippen molar-refractivity contribution in [1.82, 2.24) is 20.0 Å². The smallest absolute Gasteiger partial charge is 0.259 e. The molecule has 0 fully saturated rings. The zero-order valence-electron chi connectivity index (χ0n) is 17.7. The fraction of sp³-hybridized carbons (Fsp3) is 0.409. The van der Waals surface area contributed by atoms with Crippen LogP contribution in [0.15, 0.2) is 35.0 Å². The molecule has 164 valence electrons. The third kappa shape index (κ3) is 4.84. The van der Waals surface area contributed by atoms with Crippen molar-refractivity contribution in [3.63, 3.8) is 0 Å². The SMILES string of the molecule is CC(C)Oc1ncc(-c2nc(-c3ccc4c(c3)CCN(C[C@@H](O)CO)C4)no2)cc1N. The van der Waals surface area contributed by atoms with E-state index in [1.54, 1.807) is 12.3 Å². The number of ether oxygens (including phenoxy) is 1. The van der Waals surface area contributed by atoms with Gasteiger partial charge in [0.25, 0.3) is 5.89 Å². The van der Waals surface area contributed by atoms with Crippen LogP contribution in [-0.2, 0) is 13.0 Å². The number of hydrogen-bond acceptors (Lipinski definition) is 9. The van der Waals surface area contributed by atoms with Gasteiger partial charge in [0, 0.05) is 31.4 Å². The third-order valence-electron chi connectivity index (χ3n) is 5.13. The standard InChI is InChI=1S/C22H27N5O4/c1-13(2)30-22-19(23)8-17(9-24-22)21-25-20(26-31-21)15-3-4-16-10-27(11-18(29)12-28)6-5-14(16)7-15/h3-4,7-9,13,18,28-29H,5-6,10-12,23H2,1-2H3/t18-/m1/s1. The summed E-state index contributed by atoms with van der Waals surface area (Å²) in [6, 6.07) is 7.81. The second kappa shape index (κ2) is 9.01. The molecule has 3 aromatic rings. The second-order valence-electron chi connectivity index (χ2n) is 8.01. The molecule has 9 nitrogen and oxygen atoms in total. The predicted molar refractivity (Wildman–Crippen MR) is 115 cm³/mol. The van der Waals surface area contributed by atoms with Crippen LogP contribution in [0.2, 0.25) is 0 Å².